The molecule has 0 aliphatic carbocycles. The summed E-state index contributed by atoms with van der Waals surface area (Å²) in [7, 11) is -2.02. The third-order valence-corrected chi connectivity index (χ3v) is 6.48. The standard InChI is InChI=1S/C22H22FN3O4S/c1-3-31(28,29)26-18-11-19-17(10-16(18)14-8-9-25-12-14)20(22(27)24-2)21(30-19)13-4-6-15(23)7-5-13/h4-8,10-11,25-26H,3,9,12H2,1-2H3,(H,24,27). The van der Waals surface area contributed by atoms with E-state index in [-0.39, 0.29) is 17.4 Å². The fourth-order valence-electron chi connectivity index (χ4n) is 3.57. The van der Waals surface area contributed by atoms with Gasteiger partial charge in [0, 0.05) is 42.7 Å². The van der Waals surface area contributed by atoms with Crippen LogP contribution in [0.5, 0.6) is 0 Å². The van der Waals surface area contributed by atoms with E-state index in [0.717, 1.165) is 5.57 Å². The van der Waals surface area contributed by atoms with Gasteiger partial charge in [-0.3, -0.25) is 9.52 Å². The highest BCUT2D eigenvalue weighted by molar-refractivity contribution is 7.92. The predicted molar refractivity (Wildman–Crippen MR) is 119 cm³/mol. The van der Waals surface area contributed by atoms with Crippen molar-refractivity contribution < 1.29 is 22.0 Å². The minimum atomic E-state index is -3.53. The number of nitrogens with one attached hydrogen (secondary N) is 3. The Hall–Kier alpha value is -3.17. The van der Waals surface area contributed by atoms with Crippen molar-refractivity contribution in [3.63, 3.8) is 0 Å². The molecule has 1 amide bonds. The number of fused-ring (bicyclic) bond motifs is 1. The number of hydrogen-bond acceptors (Lipinski definition) is 5. The van der Waals surface area contributed by atoms with Crippen molar-refractivity contribution >= 4 is 38.2 Å². The Bertz CT molecular complexity index is 1290. The first-order valence-corrected chi connectivity index (χ1v) is 11.5. The molecule has 0 bridgehead atoms. The lowest BCUT2D eigenvalue weighted by molar-refractivity contribution is 0.0964. The zero-order valence-electron chi connectivity index (χ0n) is 17.1. The van der Waals surface area contributed by atoms with E-state index in [9.17, 15) is 17.6 Å². The summed E-state index contributed by atoms with van der Waals surface area (Å²) in [6, 6.07) is 9.00. The van der Waals surface area contributed by atoms with Gasteiger partial charge >= 0.3 is 0 Å². The van der Waals surface area contributed by atoms with Crippen molar-refractivity contribution in [2.45, 2.75) is 6.92 Å². The molecule has 0 saturated heterocycles. The molecular formula is C22H22FN3O4S. The van der Waals surface area contributed by atoms with Crippen LogP contribution in [-0.4, -0.2) is 40.2 Å². The molecule has 1 aliphatic heterocycles. The number of carbonyl (C=O) groups excluding carboxylic acids is 1. The number of halogens is 1. The Balaban J connectivity index is 1.99. The smallest absolute Gasteiger partial charge is 0.255 e. The van der Waals surface area contributed by atoms with Crippen LogP contribution in [0.1, 0.15) is 22.8 Å². The van der Waals surface area contributed by atoms with Crippen LogP contribution in [-0.2, 0) is 10.0 Å². The zero-order chi connectivity index (χ0) is 22.2. The first-order valence-electron chi connectivity index (χ1n) is 9.82. The molecule has 1 aliphatic rings. The fourth-order valence-corrected chi connectivity index (χ4v) is 4.22. The van der Waals surface area contributed by atoms with Crippen molar-refractivity contribution in [3.8, 4) is 11.3 Å². The molecule has 2 heterocycles. The van der Waals surface area contributed by atoms with Crippen LogP contribution >= 0.6 is 0 Å². The van der Waals surface area contributed by atoms with E-state index < -0.39 is 15.8 Å². The van der Waals surface area contributed by atoms with Crippen LogP contribution in [0, 0.1) is 5.82 Å². The fraction of sp³-hybridized carbons (Fsp3) is 0.227. The number of benzene rings is 2. The van der Waals surface area contributed by atoms with Crippen LogP contribution in [0.3, 0.4) is 0 Å². The summed E-state index contributed by atoms with van der Waals surface area (Å²) in [5.74, 6) is -0.552. The lowest BCUT2D eigenvalue weighted by Gasteiger charge is -2.13. The van der Waals surface area contributed by atoms with E-state index in [1.165, 1.54) is 31.3 Å². The molecule has 2 aromatic carbocycles. The van der Waals surface area contributed by atoms with Crippen LogP contribution in [0.2, 0.25) is 0 Å². The molecule has 3 aromatic rings. The van der Waals surface area contributed by atoms with Gasteiger partial charge in [0.05, 0.1) is 17.0 Å². The average Bonchev–Trinajstić information content (AvgIpc) is 3.40. The Morgan fingerprint density at radius 2 is 1.97 bits per heavy atom. The molecule has 3 N–H and O–H groups in total. The number of carbonyl (C=O) groups is 1. The first kappa shape index (κ1) is 21.1. The minimum Gasteiger partial charge on any atom is -0.455 e. The molecule has 0 spiro atoms. The molecule has 4 rings (SSSR count). The van der Waals surface area contributed by atoms with Gasteiger partial charge in [0.1, 0.15) is 17.2 Å². The summed E-state index contributed by atoms with van der Waals surface area (Å²) in [5.41, 5.74) is 3.17. The molecule has 0 atom stereocenters. The summed E-state index contributed by atoms with van der Waals surface area (Å²) < 4.78 is 46.6. The third kappa shape index (κ3) is 4.06. The Morgan fingerprint density at radius 1 is 1.23 bits per heavy atom. The molecule has 9 heteroatoms. The number of anilines is 1. The minimum absolute atomic E-state index is 0.0791. The Labute approximate surface area is 179 Å². The van der Waals surface area contributed by atoms with E-state index in [1.807, 2.05) is 6.08 Å². The number of sulfonamides is 1. The Kier molecular flexibility index (Phi) is 5.55. The van der Waals surface area contributed by atoms with Gasteiger partial charge < -0.3 is 15.1 Å². The van der Waals surface area contributed by atoms with Gasteiger partial charge in [-0.2, -0.15) is 0 Å². The van der Waals surface area contributed by atoms with Crippen LogP contribution < -0.4 is 15.4 Å². The monoisotopic (exact) mass is 443 g/mol. The second-order valence-electron chi connectivity index (χ2n) is 7.15. The third-order valence-electron chi connectivity index (χ3n) is 5.19. The summed E-state index contributed by atoms with van der Waals surface area (Å²) in [5, 5.41) is 6.36. The van der Waals surface area contributed by atoms with E-state index >= 15 is 0 Å². The number of furan rings is 1. The maximum Gasteiger partial charge on any atom is 0.255 e. The van der Waals surface area contributed by atoms with Gasteiger partial charge in [-0.1, -0.05) is 6.08 Å². The molecule has 7 nitrogen and oxygen atoms in total. The number of amides is 1. The van der Waals surface area contributed by atoms with E-state index in [2.05, 4.69) is 15.4 Å². The van der Waals surface area contributed by atoms with Crippen molar-refractivity contribution in [1.29, 1.82) is 0 Å². The molecule has 0 unspecified atom stereocenters. The lowest BCUT2D eigenvalue weighted by atomic mass is 9.99. The summed E-state index contributed by atoms with van der Waals surface area (Å²) >= 11 is 0. The highest BCUT2D eigenvalue weighted by atomic mass is 32.2. The highest BCUT2D eigenvalue weighted by Gasteiger charge is 2.25. The summed E-state index contributed by atoms with van der Waals surface area (Å²) in [6.45, 7) is 2.80. The normalized spacial score (nSPS) is 14.0. The number of rotatable bonds is 6. The van der Waals surface area contributed by atoms with Crippen LogP contribution in [0.15, 0.2) is 46.9 Å². The van der Waals surface area contributed by atoms with Gasteiger partial charge in [0.25, 0.3) is 5.91 Å². The van der Waals surface area contributed by atoms with Crippen LogP contribution in [0.4, 0.5) is 10.1 Å². The van der Waals surface area contributed by atoms with Crippen molar-refractivity contribution in [2.24, 2.45) is 0 Å². The van der Waals surface area contributed by atoms with Gasteiger partial charge in [-0.15, -0.1) is 0 Å². The van der Waals surface area contributed by atoms with Crippen molar-refractivity contribution in [1.82, 2.24) is 10.6 Å². The van der Waals surface area contributed by atoms with E-state index in [0.29, 0.717) is 46.4 Å². The van der Waals surface area contributed by atoms with E-state index in [4.69, 9.17) is 4.42 Å². The van der Waals surface area contributed by atoms with Gasteiger partial charge in [0.2, 0.25) is 10.0 Å². The lowest BCUT2D eigenvalue weighted by Crippen LogP contribution is -2.18. The van der Waals surface area contributed by atoms with Crippen LogP contribution in [0.25, 0.3) is 27.9 Å². The second-order valence-corrected chi connectivity index (χ2v) is 9.16. The predicted octanol–water partition coefficient (Wildman–Crippen LogP) is 3.35. The maximum atomic E-state index is 13.4. The molecule has 0 fully saturated rings. The highest BCUT2D eigenvalue weighted by Crippen LogP contribution is 2.39. The molecule has 162 valence electrons. The topological polar surface area (TPSA) is 100 Å². The quantitative estimate of drug-likeness (QED) is 0.543. The number of hydrogen-bond donors (Lipinski definition) is 3. The molecule has 0 radical (unpaired) electrons. The van der Waals surface area contributed by atoms with Gasteiger partial charge in [0.15, 0.2) is 0 Å². The Morgan fingerprint density at radius 3 is 2.58 bits per heavy atom. The second kappa shape index (κ2) is 8.16. The van der Waals surface area contributed by atoms with Crippen molar-refractivity contribution in [2.75, 3.05) is 30.6 Å². The van der Waals surface area contributed by atoms with Gasteiger partial charge in [-0.25, -0.2) is 12.8 Å². The summed E-state index contributed by atoms with van der Waals surface area (Å²) in [4.78, 5) is 12.8. The van der Waals surface area contributed by atoms with Crippen molar-refractivity contribution in [3.05, 3.63) is 59.4 Å². The summed E-state index contributed by atoms with van der Waals surface area (Å²) in [6.07, 6.45) is 1.98. The zero-order valence-corrected chi connectivity index (χ0v) is 17.9. The molecule has 0 saturated carbocycles. The molecule has 31 heavy (non-hydrogen) atoms. The molecule has 1 aromatic heterocycles. The SMILES string of the molecule is CCS(=O)(=O)Nc1cc2oc(-c3ccc(F)cc3)c(C(=O)NC)c2cc1C1=CCNC1. The maximum absolute atomic E-state index is 13.4. The van der Waals surface area contributed by atoms with E-state index in [1.54, 1.807) is 19.1 Å². The molecular weight excluding hydrogens is 421 g/mol. The largest absolute Gasteiger partial charge is 0.455 e. The van der Waals surface area contributed by atoms with Gasteiger partial charge in [-0.05, 0) is 42.8 Å². The average molecular weight is 444 g/mol. The first-order chi connectivity index (χ1) is 14.8.